The first-order chi connectivity index (χ1) is 8.83. The number of piperidine rings is 1. The molecule has 0 bridgehead atoms. The van der Waals surface area contributed by atoms with Crippen LogP contribution in [0.4, 0.5) is 0 Å². The summed E-state index contributed by atoms with van der Waals surface area (Å²) < 4.78 is 0. The topological polar surface area (TPSA) is 15.3 Å². The Balaban J connectivity index is 1.57. The second-order valence-corrected chi connectivity index (χ2v) is 6.99. The first kappa shape index (κ1) is 12.9. The number of rotatable bonds is 2. The van der Waals surface area contributed by atoms with Gasteiger partial charge in [-0.2, -0.15) is 0 Å². The fourth-order valence-electron chi connectivity index (χ4n) is 4.84. The van der Waals surface area contributed by atoms with Gasteiger partial charge in [-0.3, -0.25) is 4.90 Å². The van der Waals surface area contributed by atoms with Gasteiger partial charge in [-0.05, 0) is 64.1 Å². The number of likely N-dealkylation sites (N-methyl/N-ethyl adjacent to an activating group) is 1. The number of hydrogen-bond donors (Lipinski definition) is 1. The van der Waals surface area contributed by atoms with Gasteiger partial charge in [0.15, 0.2) is 0 Å². The Hall–Kier alpha value is -0.0800. The van der Waals surface area contributed by atoms with Gasteiger partial charge in [-0.1, -0.05) is 25.7 Å². The van der Waals surface area contributed by atoms with Gasteiger partial charge in [0.1, 0.15) is 0 Å². The van der Waals surface area contributed by atoms with E-state index < -0.39 is 0 Å². The van der Waals surface area contributed by atoms with Crippen LogP contribution in [0.2, 0.25) is 0 Å². The third kappa shape index (κ3) is 2.46. The van der Waals surface area contributed by atoms with E-state index >= 15 is 0 Å². The molecule has 2 unspecified atom stereocenters. The maximum absolute atomic E-state index is 3.57. The predicted molar refractivity (Wildman–Crippen MR) is 76.8 cm³/mol. The van der Waals surface area contributed by atoms with Gasteiger partial charge < -0.3 is 5.32 Å². The highest BCUT2D eigenvalue weighted by molar-refractivity contribution is 4.94. The number of nitrogens with one attached hydrogen (secondary N) is 1. The van der Waals surface area contributed by atoms with Crippen LogP contribution in [-0.4, -0.2) is 37.1 Å². The summed E-state index contributed by atoms with van der Waals surface area (Å²) >= 11 is 0. The summed E-state index contributed by atoms with van der Waals surface area (Å²) in [5.74, 6) is 0. The maximum atomic E-state index is 3.57. The van der Waals surface area contributed by atoms with Crippen molar-refractivity contribution in [3.63, 3.8) is 0 Å². The van der Waals surface area contributed by atoms with Crippen molar-refractivity contribution < 1.29 is 0 Å². The van der Waals surface area contributed by atoms with Crippen LogP contribution in [-0.2, 0) is 0 Å². The van der Waals surface area contributed by atoms with Crippen molar-refractivity contribution in [1.29, 1.82) is 0 Å². The molecule has 3 rings (SSSR count). The fraction of sp³-hybridized carbons (Fsp3) is 1.00. The van der Waals surface area contributed by atoms with Crippen molar-refractivity contribution in [2.24, 2.45) is 5.41 Å². The molecular weight excluding hydrogens is 220 g/mol. The highest BCUT2D eigenvalue weighted by atomic mass is 15.2. The Kier molecular flexibility index (Phi) is 3.95. The minimum Gasteiger partial charge on any atom is -0.315 e. The highest BCUT2D eigenvalue weighted by Gasteiger charge is 2.39. The maximum Gasteiger partial charge on any atom is 0.0249 e. The molecule has 2 nitrogen and oxygen atoms in total. The molecule has 2 saturated carbocycles. The zero-order chi connectivity index (χ0) is 12.4. The van der Waals surface area contributed by atoms with Crippen molar-refractivity contribution in [3.8, 4) is 0 Å². The number of likely N-dealkylation sites (tertiary alicyclic amines) is 1. The molecule has 104 valence electrons. The summed E-state index contributed by atoms with van der Waals surface area (Å²) in [6, 6.07) is 1.60. The molecule has 1 spiro atoms. The molecule has 18 heavy (non-hydrogen) atoms. The van der Waals surface area contributed by atoms with Gasteiger partial charge in [0.25, 0.3) is 0 Å². The zero-order valence-corrected chi connectivity index (χ0v) is 12.1. The van der Waals surface area contributed by atoms with Crippen LogP contribution in [0.5, 0.6) is 0 Å². The van der Waals surface area contributed by atoms with Gasteiger partial charge in [0, 0.05) is 12.1 Å². The van der Waals surface area contributed by atoms with Crippen LogP contribution >= 0.6 is 0 Å². The van der Waals surface area contributed by atoms with Crippen molar-refractivity contribution in [3.05, 3.63) is 0 Å². The number of hydrogen-bond acceptors (Lipinski definition) is 2. The molecule has 1 N–H and O–H groups in total. The van der Waals surface area contributed by atoms with Crippen molar-refractivity contribution in [2.75, 3.05) is 20.1 Å². The summed E-state index contributed by atoms with van der Waals surface area (Å²) in [7, 11) is 2.16. The van der Waals surface area contributed by atoms with Crippen LogP contribution in [0.15, 0.2) is 0 Å². The molecular formula is C16H30N2. The smallest absolute Gasteiger partial charge is 0.0249 e. The van der Waals surface area contributed by atoms with Crippen LogP contribution in [0.1, 0.15) is 64.2 Å². The Bertz CT molecular complexity index is 260. The molecule has 2 aliphatic carbocycles. The molecule has 1 aliphatic heterocycles. The van der Waals surface area contributed by atoms with Crippen molar-refractivity contribution in [2.45, 2.75) is 76.3 Å². The Labute approximate surface area is 113 Å². The van der Waals surface area contributed by atoms with Crippen LogP contribution in [0, 0.1) is 5.41 Å². The third-order valence-corrected chi connectivity index (χ3v) is 6.09. The largest absolute Gasteiger partial charge is 0.315 e. The second kappa shape index (κ2) is 5.50. The molecule has 1 saturated heterocycles. The van der Waals surface area contributed by atoms with Gasteiger partial charge in [0.05, 0.1) is 0 Å². The van der Waals surface area contributed by atoms with Crippen molar-refractivity contribution >= 4 is 0 Å². The SMILES string of the molecule is CNC1CCCCC1N1CCC2(CCCC2)CC1. The molecule has 0 radical (unpaired) electrons. The normalized spacial score (nSPS) is 37.2. The van der Waals surface area contributed by atoms with E-state index in [4.69, 9.17) is 0 Å². The average molecular weight is 250 g/mol. The van der Waals surface area contributed by atoms with Crippen LogP contribution < -0.4 is 5.32 Å². The van der Waals surface area contributed by atoms with E-state index in [-0.39, 0.29) is 0 Å². The Morgan fingerprint density at radius 3 is 2.22 bits per heavy atom. The molecule has 3 fully saturated rings. The number of nitrogens with zero attached hydrogens (tertiary/aromatic N) is 1. The summed E-state index contributed by atoms with van der Waals surface area (Å²) in [5, 5.41) is 3.57. The molecule has 2 atom stereocenters. The molecule has 1 heterocycles. The lowest BCUT2D eigenvalue weighted by Crippen LogP contribution is -2.54. The van der Waals surface area contributed by atoms with E-state index in [1.807, 2.05) is 0 Å². The first-order valence-corrected chi connectivity index (χ1v) is 8.24. The van der Waals surface area contributed by atoms with E-state index in [0.29, 0.717) is 0 Å². The summed E-state index contributed by atoms with van der Waals surface area (Å²) in [5.41, 5.74) is 0.778. The fourth-order valence-corrected chi connectivity index (χ4v) is 4.84. The van der Waals surface area contributed by atoms with E-state index in [2.05, 4.69) is 17.3 Å². The van der Waals surface area contributed by atoms with Gasteiger partial charge >= 0.3 is 0 Å². The minimum atomic E-state index is 0.761. The summed E-state index contributed by atoms with van der Waals surface area (Å²) in [6.45, 7) is 2.76. The molecule has 0 aromatic carbocycles. The first-order valence-electron chi connectivity index (χ1n) is 8.24. The molecule has 0 amide bonds. The molecule has 3 aliphatic rings. The Morgan fingerprint density at radius 1 is 0.889 bits per heavy atom. The van der Waals surface area contributed by atoms with Gasteiger partial charge in [-0.25, -0.2) is 0 Å². The quantitative estimate of drug-likeness (QED) is 0.810. The summed E-state index contributed by atoms with van der Waals surface area (Å²) in [4.78, 5) is 2.82. The highest BCUT2D eigenvalue weighted by Crippen LogP contribution is 2.46. The summed E-state index contributed by atoms with van der Waals surface area (Å²) in [6.07, 6.45) is 14.7. The van der Waals surface area contributed by atoms with E-state index in [1.54, 1.807) is 0 Å². The predicted octanol–water partition coefficient (Wildman–Crippen LogP) is 3.17. The lowest BCUT2D eigenvalue weighted by atomic mass is 9.76. The second-order valence-electron chi connectivity index (χ2n) is 6.99. The van der Waals surface area contributed by atoms with E-state index in [1.165, 1.54) is 77.3 Å². The van der Waals surface area contributed by atoms with E-state index in [0.717, 1.165) is 17.5 Å². The average Bonchev–Trinajstić information content (AvgIpc) is 2.88. The van der Waals surface area contributed by atoms with E-state index in [9.17, 15) is 0 Å². The van der Waals surface area contributed by atoms with Crippen LogP contribution in [0.3, 0.4) is 0 Å². The monoisotopic (exact) mass is 250 g/mol. The minimum absolute atomic E-state index is 0.761. The standard InChI is InChI=1S/C16H30N2/c1-17-14-6-2-3-7-15(14)18-12-10-16(11-13-18)8-4-5-9-16/h14-15,17H,2-13H2,1H3. The zero-order valence-electron chi connectivity index (χ0n) is 12.1. The lowest BCUT2D eigenvalue weighted by Gasteiger charge is -2.46. The molecule has 0 aromatic rings. The molecule has 0 aromatic heterocycles. The van der Waals surface area contributed by atoms with Crippen LogP contribution in [0.25, 0.3) is 0 Å². The van der Waals surface area contributed by atoms with Gasteiger partial charge in [0.2, 0.25) is 0 Å². The van der Waals surface area contributed by atoms with Crippen molar-refractivity contribution in [1.82, 2.24) is 10.2 Å². The molecule has 2 heteroatoms. The lowest BCUT2D eigenvalue weighted by molar-refractivity contribution is 0.0477. The third-order valence-electron chi connectivity index (χ3n) is 6.09. The van der Waals surface area contributed by atoms with Gasteiger partial charge in [-0.15, -0.1) is 0 Å². The Morgan fingerprint density at radius 2 is 1.56 bits per heavy atom.